The van der Waals surface area contributed by atoms with Gasteiger partial charge in [-0.1, -0.05) is 18.9 Å². The van der Waals surface area contributed by atoms with Crippen molar-refractivity contribution in [2.24, 2.45) is 0 Å². The van der Waals surface area contributed by atoms with Crippen molar-refractivity contribution in [1.82, 2.24) is 9.55 Å². The molecule has 0 saturated heterocycles. The number of fused-ring (bicyclic) bond motifs is 1. The molecule has 1 fully saturated rings. The van der Waals surface area contributed by atoms with Gasteiger partial charge in [0.2, 0.25) is 0 Å². The minimum absolute atomic E-state index is 0.226. The van der Waals surface area contributed by atoms with Gasteiger partial charge < -0.3 is 4.57 Å². The van der Waals surface area contributed by atoms with Crippen molar-refractivity contribution in [3.05, 3.63) is 29.6 Å². The first-order chi connectivity index (χ1) is 9.14. The Morgan fingerprint density at radius 3 is 2.74 bits per heavy atom. The van der Waals surface area contributed by atoms with E-state index in [-0.39, 0.29) is 5.54 Å². The largest absolute Gasteiger partial charge is 0.322 e. The fourth-order valence-electron chi connectivity index (χ4n) is 3.45. The average molecular weight is 277 g/mol. The van der Waals surface area contributed by atoms with Crippen LogP contribution >= 0.6 is 11.6 Å². The van der Waals surface area contributed by atoms with Crippen LogP contribution in [0.1, 0.15) is 44.0 Å². The molecule has 102 valence electrons. The van der Waals surface area contributed by atoms with Gasteiger partial charge in [0.25, 0.3) is 0 Å². The lowest BCUT2D eigenvalue weighted by molar-refractivity contribution is 0.329. The van der Waals surface area contributed by atoms with Crippen LogP contribution in [0.15, 0.2) is 18.2 Å². The number of aryl methyl sites for hydroxylation is 2. The SMILES string of the molecule is Cc1ccc2nc(CCCl)n(C3(C)CCCC3)c2c1. The molecule has 3 heteroatoms. The Morgan fingerprint density at radius 1 is 1.32 bits per heavy atom. The van der Waals surface area contributed by atoms with E-state index < -0.39 is 0 Å². The van der Waals surface area contributed by atoms with Crippen LogP contribution in [-0.2, 0) is 12.0 Å². The molecule has 1 aliphatic rings. The first-order valence-corrected chi connectivity index (χ1v) is 7.72. The van der Waals surface area contributed by atoms with E-state index in [1.54, 1.807) is 0 Å². The molecule has 0 aliphatic heterocycles. The Balaban J connectivity index is 2.23. The van der Waals surface area contributed by atoms with Crippen LogP contribution in [0.3, 0.4) is 0 Å². The summed E-state index contributed by atoms with van der Waals surface area (Å²) in [6, 6.07) is 6.54. The molecule has 0 amide bonds. The molecule has 0 N–H and O–H groups in total. The van der Waals surface area contributed by atoms with Crippen molar-refractivity contribution in [3.8, 4) is 0 Å². The van der Waals surface area contributed by atoms with E-state index in [1.165, 1.54) is 36.8 Å². The summed E-state index contributed by atoms with van der Waals surface area (Å²) in [5, 5.41) is 0. The summed E-state index contributed by atoms with van der Waals surface area (Å²) in [5.41, 5.74) is 3.92. The van der Waals surface area contributed by atoms with Gasteiger partial charge in [0.1, 0.15) is 5.82 Å². The van der Waals surface area contributed by atoms with Crippen LogP contribution < -0.4 is 0 Å². The number of alkyl halides is 1. The van der Waals surface area contributed by atoms with Gasteiger partial charge >= 0.3 is 0 Å². The number of rotatable bonds is 3. The summed E-state index contributed by atoms with van der Waals surface area (Å²) in [7, 11) is 0. The average Bonchev–Trinajstić information content (AvgIpc) is 2.94. The minimum atomic E-state index is 0.226. The maximum Gasteiger partial charge on any atom is 0.111 e. The van der Waals surface area contributed by atoms with Crippen LogP contribution in [0.5, 0.6) is 0 Å². The molecular formula is C16H21ClN2. The number of hydrogen-bond donors (Lipinski definition) is 0. The number of halogens is 1. The summed E-state index contributed by atoms with van der Waals surface area (Å²) in [5.74, 6) is 1.79. The number of hydrogen-bond acceptors (Lipinski definition) is 1. The summed E-state index contributed by atoms with van der Waals surface area (Å²) in [6.45, 7) is 4.52. The Labute approximate surface area is 119 Å². The van der Waals surface area contributed by atoms with Gasteiger partial charge in [-0.2, -0.15) is 0 Å². The minimum Gasteiger partial charge on any atom is -0.322 e. The van der Waals surface area contributed by atoms with Gasteiger partial charge in [-0.15, -0.1) is 11.6 Å². The molecule has 0 spiro atoms. The van der Waals surface area contributed by atoms with Crippen LogP contribution in [0, 0.1) is 6.92 Å². The molecule has 1 aliphatic carbocycles. The fraction of sp³-hybridized carbons (Fsp3) is 0.562. The van der Waals surface area contributed by atoms with Gasteiger partial charge in [-0.25, -0.2) is 4.98 Å². The summed E-state index contributed by atoms with van der Waals surface area (Å²) >= 11 is 5.97. The molecule has 3 rings (SSSR count). The fourth-order valence-corrected chi connectivity index (χ4v) is 3.62. The molecule has 0 atom stereocenters. The Bertz CT molecular complexity index is 594. The van der Waals surface area contributed by atoms with Crippen LogP contribution in [0.25, 0.3) is 11.0 Å². The molecular weight excluding hydrogens is 256 g/mol. The molecule has 2 nitrogen and oxygen atoms in total. The number of benzene rings is 1. The van der Waals surface area contributed by atoms with E-state index in [9.17, 15) is 0 Å². The van der Waals surface area contributed by atoms with Crippen LogP contribution in [0.4, 0.5) is 0 Å². The Kier molecular flexibility index (Phi) is 3.30. The normalized spacial score (nSPS) is 18.3. The smallest absolute Gasteiger partial charge is 0.111 e. The number of imidazole rings is 1. The van der Waals surface area contributed by atoms with Gasteiger partial charge in [0, 0.05) is 17.8 Å². The van der Waals surface area contributed by atoms with E-state index >= 15 is 0 Å². The van der Waals surface area contributed by atoms with Crippen molar-refractivity contribution >= 4 is 22.6 Å². The van der Waals surface area contributed by atoms with E-state index in [0.717, 1.165) is 17.8 Å². The second-order valence-electron chi connectivity index (χ2n) is 6.00. The number of nitrogens with zero attached hydrogens (tertiary/aromatic N) is 2. The summed E-state index contributed by atoms with van der Waals surface area (Å²) < 4.78 is 2.48. The highest BCUT2D eigenvalue weighted by molar-refractivity contribution is 6.17. The van der Waals surface area contributed by atoms with Crippen molar-refractivity contribution in [3.63, 3.8) is 0 Å². The van der Waals surface area contributed by atoms with Crippen LogP contribution in [0.2, 0.25) is 0 Å². The highest BCUT2D eigenvalue weighted by Crippen LogP contribution is 2.39. The zero-order valence-corrected chi connectivity index (χ0v) is 12.5. The van der Waals surface area contributed by atoms with Crippen molar-refractivity contribution in [2.75, 3.05) is 5.88 Å². The Morgan fingerprint density at radius 2 is 2.05 bits per heavy atom. The monoisotopic (exact) mass is 276 g/mol. The zero-order valence-electron chi connectivity index (χ0n) is 11.7. The number of aromatic nitrogens is 2. The van der Waals surface area contributed by atoms with E-state index in [0.29, 0.717) is 5.88 Å². The maximum absolute atomic E-state index is 5.97. The third-order valence-corrected chi connectivity index (χ3v) is 4.61. The molecule has 1 heterocycles. The van der Waals surface area contributed by atoms with Gasteiger partial charge in [0.05, 0.1) is 11.0 Å². The van der Waals surface area contributed by atoms with Crippen LogP contribution in [-0.4, -0.2) is 15.4 Å². The topological polar surface area (TPSA) is 17.8 Å². The first kappa shape index (κ1) is 13.0. The molecule has 1 saturated carbocycles. The third-order valence-electron chi connectivity index (χ3n) is 4.42. The van der Waals surface area contributed by atoms with E-state index in [4.69, 9.17) is 16.6 Å². The molecule has 1 aromatic heterocycles. The quantitative estimate of drug-likeness (QED) is 0.759. The first-order valence-electron chi connectivity index (χ1n) is 7.18. The standard InChI is InChI=1S/C16H21ClN2/c1-12-5-6-13-14(11-12)19(15(18-13)7-10-17)16(2)8-3-4-9-16/h5-6,11H,3-4,7-10H2,1-2H3. The van der Waals surface area contributed by atoms with Gasteiger partial charge in [0.15, 0.2) is 0 Å². The second kappa shape index (κ2) is 4.82. The lowest BCUT2D eigenvalue weighted by Gasteiger charge is -2.29. The molecule has 1 aromatic carbocycles. The highest BCUT2D eigenvalue weighted by atomic mass is 35.5. The molecule has 0 bridgehead atoms. The predicted molar refractivity (Wildman–Crippen MR) is 81.0 cm³/mol. The second-order valence-corrected chi connectivity index (χ2v) is 6.38. The Hall–Kier alpha value is -1.02. The van der Waals surface area contributed by atoms with Crippen molar-refractivity contribution in [1.29, 1.82) is 0 Å². The lowest BCUT2D eigenvalue weighted by atomic mass is 9.99. The predicted octanol–water partition coefficient (Wildman–Crippen LogP) is 4.42. The summed E-state index contributed by atoms with van der Waals surface area (Å²) in [4.78, 5) is 4.81. The van der Waals surface area contributed by atoms with E-state index in [2.05, 4.69) is 36.6 Å². The van der Waals surface area contributed by atoms with Gasteiger partial charge in [-0.05, 0) is 44.4 Å². The third kappa shape index (κ3) is 2.16. The highest BCUT2D eigenvalue weighted by Gasteiger charge is 2.33. The molecule has 0 unspecified atom stereocenters. The maximum atomic E-state index is 5.97. The lowest BCUT2D eigenvalue weighted by Crippen LogP contribution is -2.28. The van der Waals surface area contributed by atoms with Gasteiger partial charge in [-0.3, -0.25) is 0 Å². The molecule has 0 radical (unpaired) electrons. The van der Waals surface area contributed by atoms with Crippen molar-refractivity contribution < 1.29 is 0 Å². The van der Waals surface area contributed by atoms with Crippen molar-refractivity contribution in [2.45, 2.75) is 51.5 Å². The zero-order chi connectivity index (χ0) is 13.5. The molecule has 19 heavy (non-hydrogen) atoms. The summed E-state index contributed by atoms with van der Waals surface area (Å²) in [6.07, 6.45) is 6.00. The van der Waals surface area contributed by atoms with E-state index in [1.807, 2.05) is 0 Å². The molecule has 2 aromatic rings.